The van der Waals surface area contributed by atoms with E-state index in [-0.39, 0.29) is 11.3 Å². The lowest BCUT2D eigenvalue weighted by Gasteiger charge is -2.30. The van der Waals surface area contributed by atoms with Crippen LogP contribution in [0.1, 0.15) is 25.6 Å². The van der Waals surface area contributed by atoms with Crippen molar-refractivity contribution in [3.05, 3.63) is 35.8 Å². The molecular formula is C17H20N4O. The van der Waals surface area contributed by atoms with E-state index in [0.717, 1.165) is 30.5 Å². The van der Waals surface area contributed by atoms with E-state index < -0.39 is 0 Å². The van der Waals surface area contributed by atoms with Gasteiger partial charge in [-0.1, -0.05) is 19.1 Å². The molecule has 1 aromatic heterocycles. The van der Waals surface area contributed by atoms with Crippen molar-refractivity contribution in [3.8, 4) is 6.07 Å². The number of fused-ring (bicyclic) bond motifs is 1. The van der Waals surface area contributed by atoms with E-state index in [1.807, 2.05) is 24.3 Å². The van der Waals surface area contributed by atoms with Gasteiger partial charge in [0.15, 0.2) is 5.82 Å². The number of hydrogen-bond acceptors (Lipinski definition) is 4. The van der Waals surface area contributed by atoms with Crippen LogP contribution < -0.4 is 0 Å². The lowest BCUT2D eigenvalue weighted by molar-refractivity contribution is 0.177. The van der Waals surface area contributed by atoms with Crippen LogP contribution in [0.5, 0.6) is 0 Å². The van der Waals surface area contributed by atoms with E-state index in [1.54, 1.807) is 0 Å². The van der Waals surface area contributed by atoms with E-state index in [0.29, 0.717) is 18.3 Å². The summed E-state index contributed by atoms with van der Waals surface area (Å²) in [6.45, 7) is 4.55. The van der Waals surface area contributed by atoms with Crippen LogP contribution in [0.15, 0.2) is 30.0 Å². The second-order valence-electron chi connectivity index (χ2n) is 6.02. The van der Waals surface area contributed by atoms with Gasteiger partial charge in [-0.2, -0.15) is 5.26 Å². The summed E-state index contributed by atoms with van der Waals surface area (Å²) in [4.78, 5) is 9.70. The molecule has 2 heterocycles. The fraction of sp³-hybridized carbons (Fsp3) is 0.412. The van der Waals surface area contributed by atoms with Gasteiger partial charge in [-0.3, -0.25) is 4.90 Å². The summed E-state index contributed by atoms with van der Waals surface area (Å²) < 4.78 is 0. The van der Waals surface area contributed by atoms with Crippen LogP contribution in [0.2, 0.25) is 0 Å². The van der Waals surface area contributed by atoms with Gasteiger partial charge in [0.05, 0.1) is 17.6 Å². The molecule has 0 aliphatic carbocycles. The number of para-hydroxylation sites is 2. The highest BCUT2D eigenvalue weighted by Gasteiger charge is 2.20. The third-order valence-corrected chi connectivity index (χ3v) is 4.14. The molecule has 1 aliphatic rings. The Morgan fingerprint density at radius 1 is 1.50 bits per heavy atom. The number of imidazole rings is 1. The van der Waals surface area contributed by atoms with Crippen molar-refractivity contribution in [2.24, 2.45) is 5.92 Å². The SMILES string of the molecule is CC1CCCN(CC(O)=C(C#N)c2nc3ccccc3[nH]2)C1. The first-order valence-electron chi connectivity index (χ1n) is 7.67. The van der Waals surface area contributed by atoms with Gasteiger partial charge >= 0.3 is 0 Å². The molecule has 2 aromatic rings. The molecule has 22 heavy (non-hydrogen) atoms. The molecule has 5 heteroatoms. The summed E-state index contributed by atoms with van der Waals surface area (Å²) >= 11 is 0. The highest BCUT2D eigenvalue weighted by molar-refractivity contribution is 5.82. The minimum atomic E-state index is 0.0932. The number of allylic oxidation sites excluding steroid dienone is 1. The van der Waals surface area contributed by atoms with Gasteiger partial charge < -0.3 is 10.1 Å². The number of nitrogens with zero attached hydrogens (tertiary/aromatic N) is 3. The van der Waals surface area contributed by atoms with Gasteiger partial charge in [-0.15, -0.1) is 0 Å². The van der Waals surface area contributed by atoms with Crippen LogP contribution in [0.3, 0.4) is 0 Å². The zero-order valence-electron chi connectivity index (χ0n) is 12.7. The third-order valence-electron chi connectivity index (χ3n) is 4.14. The van der Waals surface area contributed by atoms with E-state index in [1.165, 1.54) is 6.42 Å². The lowest BCUT2D eigenvalue weighted by atomic mass is 10.00. The fourth-order valence-electron chi connectivity index (χ4n) is 3.05. The van der Waals surface area contributed by atoms with Gasteiger partial charge in [-0.25, -0.2) is 4.98 Å². The monoisotopic (exact) mass is 296 g/mol. The molecule has 1 unspecified atom stereocenters. The number of aliphatic hydroxyl groups excluding tert-OH is 1. The summed E-state index contributed by atoms with van der Waals surface area (Å²) in [5.41, 5.74) is 1.89. The van der Waals surface area contributed by atoms with Crippen LogP contribution >= 0.6 is 0 Å². The number of nitriles is 1. The van der Waals surface area contributed by atoms with E-state index in [4.69, 9.17) is 0 Å². The average molecular weight is 296 g/mol. The molecular weight excluding hydrogens is 276 g/mol. The van der Waals surface area contributed by atoms with E-state index >= 15 is 0 Å². The Labute approximate surface area is 129 Å². The number of hydrogen-bond donors (Lipinski definition) is 2. The first-order chi connectivity index (χ1) is 10.7. The lowest BCUT2D eigenvalue weighted by Crippen LogP contribution is -2.35. The third kappa shape index (κ3) is 2.97. The maximum absolute atomic E-state index is 10.4. The molecule has 0 saturated carbocycles. The Balaban J connectivity index is 1.86. The summed E-state index contributed by atoms with van der Waals surface area (Å²) in [6.07, 6.45) is 2.37. The fourth-order valence-corrected chi connectivity index (χ4v) is 3.05. The second kappa shape index (κ2) is 6.20. The van der Waals surface area contributed by atoms with Gasteiger partial charge in [0.25, 0.3) is 0 Å². The number of rotatable bonds is 3. The van der Waals surface area contributed by atoms with Crippen LogP contribution in [-0.2, 0) is 0 Å². The normalized spacial score (nSPS) is 20.6. The van der Waals surface area contributed by atoms with E-state index in [9.17, 15) is 10.4 Å². The molecule has 3 rings (SSSR count). The molecule has 1 saturated heterocycles. The highest BCUT2D eigenvalue weighted by Crippen LogP contribution is 2.21. The van der Waals surface area contributed by atoms with Gasteiger partial charge in [-0.05, 0) is 37.4 Å². The van der Waals surface area contributed by atoms with Crippen LogP contribution in [0, 0.1) is 17.2 Å². The highest BCUT2D eigenvalue weighted by atomic mass is 16.3. The number of benzene rings is 1. The minimum absolute atomic E-state index is 0.0932. The molecule has 5 nitrogen and oxygen atoms in total. The molecule has 2 N–H and O–H groups in total. The number of piperidine rings is 1. The second-order valence-corrected chi connectivity index (χ2v) is 6.02. The van der Waals surface area contributed by atoms with Crippen molar-refractivity contribution in [2.45, 2.75) is 19.8 Å². The molecule has 0 radical (unpaired) electrons. The Morgan fingerprint density at radius 3 is 3.05 bits per heavy atom. The van der Waals surface area contributed by atoms with Crippen LogP contribution in [0.4, 0.5) is 0 Å². The predicted molar refractivity (Wildman–Crippen MR) is 86.1 cm³/mol. The van der Waals surface area contributed by atoms with Crippen molar-refractivity contribution in [1.29, 1.82) is 5.26 Å². The predicted octanol–water partition coefficient (Wildman–Crippen LogP) is 3.09. The van der Waals surface area contributed by atoms with Crippen molar-refractivity contribution in [3.63, 3.8) is 0 Å². The number of aliphatic hydroxyl groups is 1. The number of likely N-dealkylation sites (tertiary alicyclic amines) is 1. The van der Waals surface area contributed by atoms with Gasteiger partial charge in [0, 0.05) is 6.54 Å². The summed E-state index contributed by atoms with van der Waals surface area (Å²) in [7, 11) is 0. The number of nitrogens with one attached hydrogen (secondary N) is 1. The van der Waals surface area contributed by atoms with Crippen LogP contribution in [-0.4, -0.2) is 39.6 Å². The zero-order valence-corrected chi connectivity index (χ0v) is 12.7. The summed E-state index contributed by atoms with van der Waals surface area (Å²) in [5, 5.41) is 19.8. The number of aromatic nitrogens is 2. The molecule has 0 spiro atoms. The molecule has 114 valence electrons. The van der Waals surface area contributed by atoms with Crippen LogP contribution in [0.25, 0.3) is 16.6 Å². The Bertz CT molecular complexity index is 707. The maximum Gasteiger partial charge on any atom is 0.152 e. The number of aromatic amines is 1. The molecule has 1 aromatic carbocycles. The molecule has 1 fully saturated rings. The van der Waals surface area contributed by atoms with E-state index in [2.05, 4.69) is 27.9 Å². The summed E-state index contributed by atoms with van der Waals surface area (Å²) in [6, 6.07) is 9.69. The van der Waals surface area contributed by atoms with Gasteiger partial charge in [0.1, 0.15) is 17.4 Å². The van der Waals surface area contributed by atoms with Gasteiger partial charge in [0.2, 0.25) is 0 Å². The standard InChI is InChI=1S/C17H20N4O/c1-12-5-4-8-21(10-12)11-16(22)13(9-18)17-19-14-6-2-3-7-15(14)20-17/h2-3,6-7,12,22H,4-5,8,10-11H2,1H3,(H,19,20). The van der Waals surface area contributed by atoms with Crippen molar-refractivity contribution >= 4 is 16.6 Å². The molecule has 1 aliphatic heterocycles. The average Bonchev–Trinajstić information content (AvgIpc) is 2.91. The first-order valence-corrected chi connectivity index (χ1v) is 7.67. The van der Waals surface area contributed by atoms with Crippen molar-refractivity contribution in [2.75, 3.05) is 19.6 Å². The largest absolute Gasteiger partial charge is 0.509 e. The first kappa shape index (κ1) is 14.6. The molecule has 1 atom stereocenters. The smallest absolute Gasteiger partial charge is 0.152 e. The maximum atomic E-state index is 10.4. The van der Waals surface area contributed by atoms with Crippen molar-refractivity contribution in [1.82, 2.24) is 14.9 Å². The number of H-pyrrole nitrogens is 1. The Morgan fingerprint density at radius 2 is 2.32 bits per heavy atom. The minimum Gasteiger partial charge on any atom is -0.509 e. The zero-order chi connectivity index (χ0) is 15.5. The Kier molecular flexibility index (Phi) is 4.12. The quantitative estimate of drug-likeness (QED) is 0.674. The Hall–Kier alpha value is -2.32. The molecule has 0 bridgehead atoms. The summed E-state index contributed by atoms with van der Waals surface area (Å²) in [5.74, 6) is 1.17. The molecule has 0 amide bonds. The topological polar surface area (TPSA) is 75.9 Å². The van der Waals surface area contributed by atoms with Crippen molar-refractivity contribution < 1.29 is 5.11 Å².